The summed E-state index contributed by atoms with van der Waals surface area (Å²) in [4.78, 5) is 1.67. The third kappa shape index (κ3) is 5.97. The predicted molar refractivity (Wildman–Crippen MR) is 129 cm³/mol. The lowest BCUT2D eigenvalue weighted by atomic mass is 10.2. The summed E-state index contributed by atoms with van der Waals surface area (Å²) in [5.41, 5.74) is 1.31. The summed E-state index contributed by atoms with van der Waals surface area (Å²) in [6.45, 7) is 8.15. The van der Waals surface area contributed by atoms with E-state index in [0.29, 0.717) is 33.8 Å². The van der Waals surface area contributed by atoms with Crippen molar-refractivity contribution in [3.8, 4) is 11.6 Å². The Bertz CT molecular complexity index is 1070. The van der Waals surface area contributed by atoms with Crippen LogP contribution in [0.3, 0.4) is 0 Å². The number of fused-ring (bicyclic) bond motifs is 1. The van der Waals surface area contributed by atoms with Gasteiger partial charge in [-0.05, 0) is 24.2 Å². The van der Waals surface area contributed by atoms with Crippen molar-refractivity contribution in [1.29, 1.82) is 5.41 Å². The molecular formula is C21H27Cl2N5O2Si. The fraction of sp³-hybridized carbons (Fsp3) is 0.381. The van der Waals surface area contributed by atoms with E-state index >= 15 is 0 Å². The maximum atomic E-state index is 8.09. The summed E-state index contributed by atoms with van der Waals surface area (Å²) in [6.07, 6.45) is 1.92. The number of nitrogens with zero attached hydrogens (tertiary/aromatic N) is 4. The van der Waals surface area contributed by atoms with Gasteiger partial charge in [-0.1, -0.05) is 42.8 Å². The van der Waals surface area contributed by atoms with E-state index in [9.17, 15) is 0 Å². The van der Waals surface area contributed by atoms with Crippen LogP contribution in [-0.2, 0) is 11.5 Å². The maximum absolute atomic E-state index is 8.09. The van der Waals surface area contributed by atoms with Crippen LogP contribution >= 0.6 is 23.2 Å². The molecule has 0 saturated carbocycles. The summed E-state index contributed by atoms with van der Waals surface area (Å²) >= 11 is 12.7. The standard InChI is InChI=1S/C21H27Cl2N5O2Si/c1-27(2)20(24)15-10-16(22)19(17(23)11-15)30-18-12-14-6-7-28(21(14)26-25-18)13-29-8-9-31(3,4)5/h6-7,10-12,24H,8-9,13H2,1-5H3. The van der Waals surface area contributed by atoms with Gasteiger partial charge in [-0.25, -0.2) is 0 Å². The molecule has 2 aromatic heterocycles. The minimum atomic E-state index is -1.12. The van der Waals surface area contributed by atoms with Crippen LogP contribution in [0.2, 0.25) is 35.7 Å². The van der Waals surface area contributed by atoms with Gasteiger partial charge < -0.3 is 18.9 Å². The van der Waals surface area contributed by atoms with Crippen LogP contribution in [0.1, 0.15) is 5.56 Å². The summed E-state index contributed by atoms with van der Waals surface area (Å²) in [7, 11) is 2.44. The first-order valence-corrected chi connectivity index (χ1v) is 14.3. The number of benzene rings is 1. The van der Waals surface area contributed by atoms with Crippen molar-refractivity contribution in [2.75, 3.05) is 20.7 Å². The summed E-state index contributed by atoms with van der Waals surface area (Å²) in [5.74, 6) is 0.857. The van der Waals surface area contributed by atoms with Gasteiger partial charge in [0.25, 0.3) is 0 Å². The molecular weight excluding hydrogens is 453 g/mol. The molecule has 2 heterocycles. The molecule has 7 nitrogen and oxygen atoms in total. The fourth-order valence-electron chi connectivity index (χ4n) is 2.82. The Balaban J connectivity index is 1.74. The highest BCUT2D eigenvalue weighted by atomic mass is 35.5. The number of rotatable bonds is 8. The number of aromatic nitrogens is 3. The number of nitrogens with one attached hydrogen (secondary N) is 1. The molecule has 0 aliphatic rings. The first-order valence-electron chi connectivity index (χ1n) is 9.88. The number of hydrogen-bond acceptors (Lipinski definition) is 5. The molecule has 3 aromatic rings. The van der Waals surface area contributed by atoms with Gasteiger partial charge in [0.15, 0.2) is 11.4 Å². The van der Waals surface area contributed by atoms with Crippen molar-refractivity contribution in [3.63, 3.8) is 0 Å². The molecule has 0 amide bonds. The van der Waals surface area contributed by atoms with E-state index in [-0.39, 0.29) is 11.6 Å². The van der Waals surface area contributed by atoms with Gasteiger partial charge in [0.2, 0.25) is 5.88 Å². The molecule has 3 rings (SSSR count). The highest BCUT2D eigenvalue weighted by Gasteiger charge is 2.16. The second kappa shape index (κ2) is 9.56. The zero-order chi connectivity index (χ0) is 22.8. The van der Waals surface area contributed by atoms with E-state index in [1.165, 1.54) is 0 Å². The monoisotopic (exact) mass is 479 g/mol. The second-order valence-corrected chi connectivity index (χ2v) is 15.1. The number of halogens is 2. The normalized spacial score (nSPS) is 11.7. The van der Waals surface area contributed by atoms with Crippen LogP contribution in [0.4, 0.5) is 0 Å². The molecule has 0 aliphatic carbocycles. The van der Waals surface area contributed by atoms with E-state index < -0.39 is 8.07 Å². The molecule has 0 unspecified atom stereocenters. The molecule has 0 saturated heterocycles. The molecule has 0 radical (unpaired) electrons. The van der Waals surface area contributed by atoms with Gasteiger partial charge in [-0.3, -0.25) is 5.41 Å². The van der Waals surface area contributed by atoms with Crippen molar-refractivity contribution in [1.82, 2.24) is 19.7 Å². The van der Waals surface area contributed by atoms with Crippen LogP contribution in [0.5, 0.6) is 11.6 Å². The first-order chi connectivity index (χ1) is 14.5. The minimum Gasteiger partial charge on any atom is -0.434 e. The van der Waals surface area contributed by atoms with E-state index in [1.54, 1.807) is 37.2 Å². The third-order valence-corrected chi connectivity index (χ3v) is 6.90. The van der Waals surface area contributed by atoms with Gasteiger partial charge in [-0.15, -0.1) is 10.2 Å². The quantitative estimate of drug-likeness (QED) is 0.193. The van der Waals surface area contributed by atoms with Gasteiger partial charge in [0, 0.05) is 52.0 Å². The third-order valence-electron chi connectivity index (χ3n) is 4.64. The van der Waals surface area contributed by atoms with Crippen LogP contribution in [-0.4, -0.2) is 54.3 Å². The van der Waals surface area contributed by atoms with Crippen LogP contribution in [0.25, 0.3) is 11.0 Å². The van der Waals surface area contributed by atoms with Gasteiger partial charge >= 0.3 is 0 Å². The molecule has 0 aliphatic heterocycles. The molecule has 0 bridgehead atoms. The molecule has 10 heteroatoms. The Hall–Kier alpha value is -2.13. The average Bonchev–Trinajstić information content (AvgIpc) is 3.08. The Labute approximate surface area is 193 Å². The van der Waals surface area contributed by atoms with E-state index in [1.807, 2.05) is 16.8 Å². The summed E-state index contributed by atoms with van der Waals surface area (Å²) < 4.78 is 13.6. The lowest BCUT2D eigenvalue weighted by molar-refractivity contribution is 0.0898. The molecule has 0 spiro atoms. The maximum Gasteiger partial charge on any atom is 0.239 e. The molecule has 1 N–H and O–H groups in total. The molecule has 0 fully saturated rings. The Morgan fingerprint density at radius 2 is 1.81 bits per heavy atom. The lowest BCUT2D eigenvalue weighted by Crippen LogP contribution is -2.22. The zero-order valence-electron chi connectivity index (χ0n) is 18.4. The minimum absolute atomic E-state index is 0.279. The Kier molecular flexibility index (Phi) is 7.26. The largest absolute Gasteiger partial charge is 0.434 e. The Morgan fingerprint density at radius 3 is 2.42 bits per heavy atom. The Morgan fingerprint density at radius 1 is 1.13 bits per heavy atom. The number of ether oxygens (including phenoxy) is 2. The summed E-state index contributed by atoms with van der Waals surface area (Å²) in [5, 5.41) is 18.0. The van der Waals surface area contributed by atoms with Crippen molar-refractivity contribution in [2.24, 2.45) is 0 Å². The first kappa shape index (κ1) is 23.5. The van der Waals surface area contributed by atoms with E-state index in [0.717, 1.165) is 18.0 Å². The second-order valence-electron chi connectivity index (χ2n) is 8.71. The average molecular weight is 480 g/mol. The SMILES string of the molecule is CN(C)C(=N)c1cc(Cl)c(Oc2cc3ccn(COCC[Si](C)(C)C)c3nn2)c(Cl)c1. The molecule has 166 valence electrons. The zero-order valence-corrected chi connectivity index (χ0v) is 20.9. The molecule has 1 aromatic carbocycles. The smallest absolute Gasteiger partial charge is 0.239 e. The number of hydrogen-bond donors (Lipinski definition) is 1. The highest BCUT2D eigenvalue weighted by molar-refractivity contribution is 6.76. The van der Waals surface area contributed by atoms with Gasteiger partial charge in [0.1, 0.15) is 12.6 Å². The highest BCUT2D eigenvalue weighted by Crippen LogP contribution is 2.37. The molecule has 31 heavy (non-hydrogen) atoms. The van der Waals surface area contributed by atoms with Crippen molar-refractivity contribution in [2.45, 2.75) is 32.4 Å². The van der Waals surface area contributed by atoms with Crippen LogP contribution in [0.15, 0.2) is 30.5 Å². The van der Waals surface area contributed by atoms with Crippen molar-refractivity contribution in [3.05, 3.63) is 46.1 Å². The van der Waals surface area contributed by atoms with Crippen LogP contribution < -0.4 is 4.74 Å². The summed E-state index contributed by atoms with van der Waals surface area (Å²) in [6, 6.07) is 8.12. The van der Waals surface area contributed by atoms with Crippen molar-refractivity contribution < 1.29 is 9.47 Å². The van der Waals surface area contributed by atoms with Gasteiger partial charge in [-0.2, -0.15) is 0 Å². The fourth-order valence-corrected chi connectivity index (χ4v) is 4.14. The van der Waals surface area contributed by atoms with Crippen LogP contribution in [0, 0.1) is 5.41 Å². The van der Waals surface area contributed by atoms with Crippen molar-refractivity contribution >= 4 is 48.1 Å². The lowest BCUT2D eigenvalue weighted by Gasteiger charge is -2.16. The topological polar surface area (TPSA) is 76.3 Å². The van der Waals surface area contributed by atoms with E-state index in [4.69, 9.17) is 38.1 Å². The van der Waals surface area contributed by atoms with E-state index in [2.05, 4.69) is 29.8 Å². The molecule has 0 atom stereocenters. The van der Waals surface area contributed by atoms with Gasteiger partial charge in [0.05, 0.1) is 10.0 Å². The predicted octanol–water partition coefficient (Wildman–Crippen LogP) is 5.73. The number of amidine groups is 1.